The van der Waals surface area contributed by atoms with Gasteiger partial charge in [-0.15, -0.1) is 0 Å². The Morgan fingerprint density at radius 3 is 2.42 bits per heavy atom. The van der Waals surface area contributed by atoms with Crippen molar-refractivity contribution >= 4 is 17.4 Å². The van der Waals surface area contributed by atoms with Gasteiger partial charge >= 0.3 is 6.09 Å². The van der Waals surface area contributed by atoms with Gasteiger partial charge in [0.15, 0.2) is 0 Å². The molecule has 0 atom stereocenters. The van der Waals surface area contributed by atoms with Gasteiger partial charge in [0.25, 0.3) is 0 Å². The lowest BCUT2D eigenvalue weighted by Gasteiger charge is -2.26. The summed E-state index contributed by atoms with van der Waals surface area (Å²) in [5, 5.41) is 0. The van der Waals surface area contributed by atoms with Gasteiger partial charge in [-0.2, -0.15) is 0 Å². The zero-order valence-corrected chi connectivity index (χ0v) is 12.1. The minimum atomic E-state index is -0.625. The van der Waals surface area contributed by atoms with Crippen molar-refractivity contribution in [2.45, 2.75) is 33.3 Å². The topological polar surface area (TPSA) is 29.5 Å². The zero-order chi connectivity index (χ0) is 14.8. The molecule has 0 fully saturated rings. The lowest BCUT2D eigenvalue weighted by atomic mass is 10.1. The summed E-state index contributed by atoms with van der Waals surface area (Å²) < 4.78 is 19.2. The molecule has 0 N–H and O–H groups in total. The Labute approximate surface area is 113 Å². The van der Waals surface area contributed by atoms with Gasteiger partial charge in [0, 0.05) is 12.6 Å². The van der Waals surface area contributed by atoms with Gasteiger partial charge in [-0.3, -0.25) is 4.90 Å². The van der Waals surface area contributed by atoms with E-state index >= 15 is 0 Å². The first kappa shape index (κ1) is 15.2. The molecule has 4 heteroatoms. The number of rotatable bonds is 2. The summed E-state index contributed by atoms with van der Waals surface area (Å²) in [6.45, 7) is 10.9. The number of carbonyl (C=O) groups is 1. The molecule has 0 aromatic heterocycles. The lowest BCUT2D eigenvalue weighted by Crippen LogP contribution is -2.35. The fourth-order valence-corrected chi connectivity index (χ4v) is 1.62. The van der Waals surface area contributed by atoms with Crippen molar-refractivity contribution in [2.75, 3.05) is 11.9 Å². The maximum atomic E-state index is 14.0. The summed E-state index contributed by atoms with van der Waals surface area (Å²) in [6, 6.07) is 4.62. The molecular weight excluding hydrogens is 245 g/mol. The Bertz CT molecular complexity index is 503. The molecule has 3 nitrogen and oxygen atoms in total. The van der Waals surface area contributed by atoms with Crippen LogP contribution in [0.2, 0.25) is 0 Å². The number of carbonyl (C=O) groups excluding carboxylic acids is 1. The predicted molar refractivity (Wildman–Crippen MR) is 75.7 cm³/mol. The molecule has 1 aromatic carbocycles. The Hall–Kier alpha value is -1.84. The maximum Gasteiger partial charge on any atom is 0.414 e. The molecule has 0 saturated heterocycles. The van der Waals surface area contributed by atoms with E-state index in [0.29, 0.717) is 11.1 Å². The predicted octanol–water partition coefficient (Wildman–Crippen LogP) is 4.23. The van der Waals surface area contributed by atoms with E-state index in [-0.39, 0.29) is 5.69 Å². The number of allylic oxidation sites excluding steroid dienone is 1. The van der Waals surface area contributed by atoms with Crippen LogP contribution in [-0.2, 0) is 4.74 Å². The molecule has 0 heterocycles. The summed E-state index contributed by atoms with van der Waals surface area (Å²) in [7, 11) is 1.49. The summed E-state index contributed by atoms with van der Waals surface area (Å²) >= 11 is 0. The second kappa shape index (κ2) is 5.43. The molecule has 0 aliphatic rings. The van der Waals surface area contributed by atoms with Crippen LogP contribution in [0, 0.1) is 5.82 Å². The number of anilines is 1. The standard InChI is InChI=1S/C15H20FNO2/c1-10(2)11-8-7-9-12(16)13(11)17(6)14(18)19-15(3,4)5/h7-9H,1H2,2-6H3. The van der Waals surface area contributed by atoms with Crippen molar-refractivity contribution in [3.8, 4) is 0 Å². The van der Waals surface area contributed by atoms with E-state index in [0.717, 1.165) is 0 Å². The van der Waals surface area contributed by atoms with Gasteiger partial charge < -0.3 is 4.74 Å². The number of hydrogen-bond donors (Lipinski definition) is 0. The van der Waals surface area contributed by atoms with E-state index in [4.69, 9.17) is 4.74 Å². The van der Waals surface area contributed by atoms with Crippen molar-refractivity contribution in [2.24, 2.45) is 0 Å². The lowest BCUT2D eigenvalue weighted by molar-refractivity contribution is 0.0588. The van der Waals surface area contributed by atoms with Crippen molar-refractivity contribution < 1.29 is 13.9 Å². The minimum Gasteiger partial charge on any atom is -0.443 e. The average Bonchev–Trinajstić information content (AvgIpc) is 2.25. The quantitative estimate of drug-likeness (QED) is 0.800. The number of nitrogens with zero attached hydrogens (tertiary/aromatic N) is 1. The Morgan fingerprint density at radius 2 is 1.95 bits per heavy atom. The molecular formula is C15H20FNO2. The molecule has 1 aromatic rings. The van der Waals surface area contributed by atoms with Crippen LogP contribution in [0.4, 0.5) is 14.9 Å². The number of halogens is 1. The summed E-state index contributed by atoms with van der Waals surface area (Å²) in [6.07, 6.45) is -0.597. The second-order valence-electron chi connectivity index (χ2n) is 5.46. The summed E-state index contributed by atoms with van der Waals surface area (Å²) in [5.74, 6) is -0.478. The van der Waals surface area contributed by atoms with E-state index in [9.17, 15) is 9.18 Å². The number of ether oxygens (including phenoxy) is 1. The fraction of sp³-hybridized carbons (Fsp3) is 0.400. The van der Waals surface area contributed by atoms with Crippen LogP contribution in [0.15, 0.2) is 24.8 Å². The van der Waals surface area contributed by atoms with Crippen molar-refractivity contribution in [3.05, 3.63) is 36.2 Å². The number of hydrogen-bond acceptors (Lipinski definition) is 2. The molecule has 0 saturated carbocycles. The third-order valence-electron chi connectivity index (χ3n) is 2.45. The van der Waals surface area contributed by atoms with Crippen LogP contribution < -0.4 is 4.90 Å². The first-order valence-corrected chi connectivity index (χ1v) is 6.04. The highest BCUT2D eigenvalue weighted by Crippen LogP contribution is 2.29. The number of benzene rings is 1. The highest BCUT2D eigenvalue weighted by Gasteiger charge is 2.24. The maximum absolute atomic E-state index is 14.0. The van der Waals surface area contributed by atoms with Gasteiger partial charge in [0.1, 0.15) is 11.4 Å². The Kier molecular flexibility index (Phi) is 4.35. The van der Waals surface area contributed by atoms with Crippen LogP contribution in [0.25, 0.3) is 5.57 Å². The number of amides is 1. The Morgan fingerprint density at radius 1 is 1.37 bits per heavy atom. The molecule has 0 unspecified atom stereocenters. The van der Waals surface area contributed by atoms with Crippen LogP contribution in [0.3, 0.4) is 0 Å². The second-order valence-corrected chi connectivity index (χ2v) is 5.46. The van der Waals surface area contributed by atoms with Crippen molar-refractivity contribution in [3.63, 3.8) is 0 Å². The molecule has 104 valence electrons. The summed E-state index contributed by atoms with van der Waals surface area (Å²) in [4.78, 5) is 13.2. The molecule has 0 aliphatic heterocycles. The van der Waals surface area contributed by atoms with Crippen LogP contribution in [0.5, 0.6) is 0 Å². The Balaban J connectivity index is 3.16. The van der Waals surface area contributed by atoms with Gasteiger partial charge in [0.2, 0.25) is 0 Å². The molecule has 1 rings (SSSR count). The van der Waals surface area contributed by atoms with Gasteiger partial charge in [-0.25, -0.2) is 9.18 Å². The number of para-hydroxylation sites is 1. The minimum absolute atomic E-state index is 0.184. The normalized spacial score (nSPS) is 11.1. The smallest absolute Gasteiger partial charge is 0.414 e. The molecule has 19 heavy (non-hydrogen) atoms. The van der Waals surface area contributed by atoms with Gasteiger partial charge in [-0.05, 0) is 39.3 Å². The van der Waals surface area contributed by atoms with Crippen molar-refractivity contribution in [1.29, 1.82) is 0 Å². The largest absolute Gasteiger partial charge is 0.443 e. The SMILES string of the molecule is C=C(C)c1cccc(F)c1N(C)C(=O)OC(C)(C)C. The highest BCUT2D eigenvalue weighted by molar-refractivity contribution is 5.91. The third kappa shape index (κ3) is 3.81. The molecule has 0 bridgehead atoms. The van der Waals surface area contributed by atoms with Crippen LogP contribution in [0.1, 0.15) is 33.3 Å². The third-order valence-corrected chi connectivity index (χ3v) is 2.45. The van der Waals surface area contributed by atoms with E-state index in [1.54, 1.807) is 39.8 Å². The first-order valence-electron chi connectivity index (χ1n) is 6.04. The van der Waals surface area contributed by atoms with E-state index in [2.05, 4.69) is 6.58 Å². The highest BCUT2D eigenvalue weighted by atomic mass is 19.1. The average molecular weight is 265 g/mol. The van der Waals surface area contributed by atoms with Gasteiger partial charge in [0.05, 0.1) is 5.69 Å². The zero-order valence-electron chi connectivity index (χ0n) is 12.1. The molecule has 0 spiro atoms. The van der Waals surface area contributed by atoms with Crippen LogP contribution >= 0.6 is 0 Å². The molecule has 0 radical (unpaired) electrons. The summed E-state index contributed by atoms with van der Waals surface area (Å²) in [5.41, 5.74) is 0.836. The van der Waals surface area contributed by atoms with Crippen LogP contribution in [-0.4, -0.2) is 18.7 Å². The van der Waals surface area contributed by atoms with Crippen molar-refractivity contribution in [1.82, 2.24) is 0 Å². The van der Waals surface area contributed by atoms with Gasteiger partial charge in [-0.1, -0.05) is 18.7 Å². The first-order chi connectivity index (χ1) is 8.63. The molecule has 1 amide bonds. The molecule has 0 aliphatic carbocycles. The van der Waals surface area contributed by atoms with E-state index < -0.39 is 17.5 Å². The monoisotopic (exact) mass is 265 g/mol. The van der Waals surface area contributed by atoms with E-state index in [1.807, 2.05) is 0 Å². The van der Waals surface area contributed by atoms with E-state index in [1.165, 1.54) is 18.0 Å². The fourth-order valence-electron chi connectivity index (χ4n) is 1.62.